The molecule has 0 aromatic heterocycles. The molecule has 1 atom stereocenters. The number of hydrogen-bond donors (Lipinski definition) is 1. The molecule has 0 unspecified atom stereocenters. The Kier molecular flexibility index (Phi) is 4.55. The lowest BCUT2D eigenvalue weighted by molar-refractivity contribution is 0.547. The van der Waals surface area contributed by atoms with E-state index in [0.29, 0.717) is 10.6 Å². The highest BCUT2D eigenvalue weighted by atomic mass is 35.5. The van der Waals surface area contributed by atoms with E-state index in [1.807, 2.05) is 6.92 Å². The van der Waals surface area contributed by atoms with Crippen molar-refractivity contribution in [1.29, 1.82) is 0 Å². The Morgan fingerprint density at radius 3 is 2.73 bits per heavy atom. The third kappa shape index (κ3) is 2.93. The number of aryl methyl sites for hydroxylation is 1. The number of hydrogen-bond acceptors (Lipinski definition) is 1. The highest BCUT2D eigenvalue weighted by Crippen LogP contribution is 2.30. The third-order valence-corrected chi connectivity index (χ3v) is 3.06. The van der Waals surface area contributed by atoms with Crippen molar-refractivity contribution in [2.75, 3.05) is 0 Å². The molecular weight excluding hydrogens is 213 g/mol. The molecule has 0 radical (unpaired) electrons. The van der Waals surface area contributed by atoms with Crippen LogP contribution in [0.15, 0.2) is 12.1 Å². The Balaban J connectivity index is 2.96. The van der Waals surface area contributed by atoms with Crippen LogP contribution >= 0.6 is 11.6 Å². The van der Waals surface area contributed by atoms with Gasteiger partial charge in [0.25, 0.3) is 0 Å². The van der Waals surface area contributed by atoms with Gasteiger partial charge < -0.3 is 5.73 Å². The van der Waals surface area contributed by atoms with Crippen molar-refractivity contribution in [2.24, 2.45) is 5.73 Å². The third-order valence-electron chi connectivity index (χ3n) is 2.56. The van der Waals surface area contributed by atoms with E-state index in [4.69, 9.17) is 17.3 Å². The van der Waals surface area contributed by atoms with Crippen LogP contribution in [0.2, 0.25) is 5.02 Å². The van der Waals surface area contributed by atoms with Crippen molar-refractivity contribution < 1.29 is 4.39 Å². The fourth-order valence-electron chi connectivity index (χ4n) is 1.59. The van der Waals surface area contributed by atoms with E-state index in [-0.39, 0.29) is 11.9 Å². The summed E-state index contributed by atoms with van der Waals surface area (Å²) in [6.45, 7) is 3.94. The normalized spacial score (nSPS) is 12.9. The molecule has 2 N–H and O–H groups in total. The summed E-state index contributed by atoms with van der Waals surface area (Å²) in [5.74, 6) is -0.297. The second kappa shape index (κ2) is 5.47. The zero-order valence-corrected chi connectivity index (χ0v) is 9.94. The molecule has 0 saturated carbocycles. The molecule has 15 heavy (non-hydrogen) atoms. The molecule has 0 spiro atoms. The van der Waals surface area contributed by atoms with Gasteiger partial charge in [-0.05, 0) is 25.0 Å². The number of unbranched alkanes of at least 4 members (excludes halogenated alkanes) is 1. The molecule has 1 nitrogen and oxygen atoms in total. The second-order valence-corrected chi connectivity index (χ2v) is 4.22. The molecule has 0 saturated heterocycles. The van der Waals surface area contributed by atoms with E-state index in [9.17, 15) is 4.39 Å². The van der Waals surface area contributed by atoms with Crippen LogP contribution < -0.4 is 5.73 Å². The number of nitrogens with two attached hydrogens (primary N) is 1. The predicted octanol–water partition coefficient (Wildman–Crippen LogP) is 3.98. The summed E-state index contributed by atoms with van der Waals surface area (Å²) in [5, 5.41) is 0.471. The van der Waals surface area contributed by atoms with Crippen LogP contribution in [0.5, 0.6) is 0 Å². The minimum Gasteiger partial charge on any atom is -0.324 e. The molecular formula is C12H17ClFN. The topological polar surface area (TPSA) is 26.0 Å². The van der Waals surface area contributed by atoms with Crippen LogP contribution in [-0.4, -0.2) is 0 Å². The van der Waals surface area contributed by atoms with E-state index in [0.717, 1.165) is 24.8 Å². The molecule has 0 aliphatic heterocycles. The van der Waals surface area contributed by atoms with E-state index in [2.05, 4.69) is 6.92 Å². The molecule has 3 heteroatoms. The largest absolute Gasteiger partial charge is 0.324 e. The minimum atomic E-state index is -0.297. The standard InChI is InChI=1S/C12H17ClFN/c1-3-4-5-10(15)11-9(14)7-6-8(2)12(11)13/h6-7,10H,3-5,15H2,1-2H3/t10-/m0/s1. The van der Waals surface area contributed by atoms with Crippen molar-refractivity contribution >= 4 is 11.6 Å². The molecule has 0 heterocycles. The van der Waals surface area contributed by atoms with Gasteiger partial charge in [-0.15, -0.1) is 0 Å². The van der Waals surface area contributed by atoms with Crippen molar-refractivity contribution in [2.45, 2.75) is 39.2 Å². The summed E-state index contributed by atoms with van der Waals surface area (Å²) >= 11 is 6.05. The van der Waals surface area contributed by atoms with Gasteiger partial charge in [-0.1, -0.05) is 37.4 Å². The molecule has 0 fully saturated rings. The van der Waals surface area contributed by atoms with E-state index in [1.54, 1.807) is 6.07 Å². The highest BCUT2D eigenvalue weighted by Gasteiger charge is 2.16. The SMILES string of the molecule is CCCC[C@H](N)c1c(F)ccc(C)c1Cl. The summed E-state index contributed by atoms with van der Waals surface area (Å²) in [7, 11) is 0. The van der Waals surface area contributed by atoms with Crippen LogP contribution in [0.1, 0.15) is 43.4 Å². The van der Waals surface area contributed by atoms with Crippen molar-refractivity contribution in [1.82, 2.24) is 0 Å². The monoisotopic (exact) mass is 229 g/mol. The smallest absolute Gasteiger partial charge is 0.129 e. The summed E-state index contributed by atoms with van der Waals surface area (Å²) in [5.41, 5.74) is 7.27. The lowest BCUT2D eigenvalue weighted by Gasteiger charge is -2.15. The number of rotatable bonds is 4. The van der Waals surface area contributed by atoms with E-state index < -0.39 is 0 Å². The average Bonchev–Trinajstić information content (AvgIpc) is 2.21. The molecule has 0 aliphatic rings. The first-order chi connectivity index (χ1) is 7.07. The fourth-order valence-corrected chi connectivity index (χ4v) is 1.88. The molecule has 84 valence electrons. The van der Waals surface area contributed by atoms with Gasteiger partial charge in [0.2, 0.25) is 0 Å². The van der Waals surface area contributed by atoms with Crippen LogP contribution in [-0.2, 0) is 0 Å². The van der Waals surface area contributed by atoms with E-state index in [1.165, 1.54) is 6.07 Å². The van der Waals surface area contributed by atoms with Crippen molar-refractivity contribution in [3.63, 3.8) is 0 Å². The lowest BCUT2D eigenvalue weighted by Crippen LogP contribution is -2.13. The molecule has 1 rings (SSSR count). The Morgan fingerprint density at radius 2 is 2.13 bits per heavy atom. The maximum atomic E-state index is 13.5. The Hall–Kier alpha value is -0.600. The maximum absolute atomic E-state index is 13.5. The van der Waals surface area contributed by atoms with E-state index >= 15 is 0 Å². The summed E-state index contributed by atoms with van der Waals surface area (Å²) in [6.07, 6.45) is 2.82. The lowest BCUT2D eigenvalue weighted by atomic mass is 9.99. The number of halogens is 2. The predicted molar refractivity (Wildman–Crippen MR) is 62.6 cm³/mol. The maximum Gasteiger partial charge on any atom is 0.129 e. The summed E-state index contributed by atoms with van der Waals surface area (Å²) in [4.78, 5) is 0. The van der Waals surface area contributed by atoms with Gasteiger partial charge in [0.15, 0.2) is 0 Å². The van der Waals surface area contributed by atoms with Gasteiger partial charge in [0.05, 0.1) is 5.02 Å². The van der Waals surface area contributed by atoms with Crippen LogP contribution in [0.3, 0.4) is 0 Å². The van der Waals surface area contributed by atoms with Crippen LogP contribution in [0.25, 0.3) is 0 Å². The Bertz CT molecular complexity index is 339. The van der Waals surface area contributed by atoms with Gasteiger partial charge in [0.1, 0.15) is 5.82 Å². The minimum absolute atomic E-state index is 0.294. The molecule has 1 aromatic rings. The highest BCUT2D eigenvalue weighted by molar-refractivity contribution is 6.32. The molecule has 0 bridgehead atoms. The van der Waals surface area contributed by atoms with Gasteiger partial charge >= 0.3 is 0 Å². The second-order valence-electron chi connectivity index (χ2n) is 3.84. The van der Waals surface area contributed by atoms with Gasteiger partial charge in [-0.3, -0.25) is 0 Å². The zero-order chi connectivity index (χ0) is 11.4. The molecule has 0 amide bonds. The quantitative estimate of drug-likeness (QED) is 0.831. The average molecular weight is 230 g/mol. The van der Waals surface area contributed by atoms with Crippen molar-refractivity contribution in [3.05, 3.63) is 34.1 Å². The van der Waals surface area contributed by atoms with Gasteiger partial charge in [0, 0.05) is 11.6 Å². The summed E-state index contributed by atoms with van der Waals surface area (Å²) in [6, 6.07) is 2.81. The fraction of sp³-hybridized carbons (Fsp3) is 0.500. The first-order valence-corrected chi connectivity index (χ1v) is 5.65. The molecule has 0 aliphatic carbocycles. The number of benzene rings is 1. The zero-order valence-electron chi connectivity index (χ0n) is 9.19. The van der Waals surface area contributed by atoms with Crippen LogP contribution in [0, 0.1) is 12.7 Å². The molecule has 1 aromatic carbocycles. The summed E-state index contributed by atoms with van der Waals surface area (Å²) < 4.78 is 13.5. The first-order valence-electron chi connectivity index (χ1n) is 5.28. The Labute approximate surface area is 95.4 Å². The van der Waals surface area contributed by atoms with Gasteiger partial charge in [-0.2, -0.15) is 0 Å². The van der Waals surface area contributed by atoms with Crippen molar-refractivity contribution in [3.8, 4) is 0 Å². The first kappa shape index (κ1) is 12.5. The Morgan fingerprint density at radius 1 is 1.47 bits per heavy atom. The van der Waals surface area contributed by atoms with Crippen LogP contribution in [0.4, 0.5) is 4.39 Å². The van der Waals surface area contributed by atoms with Gasteiger partial charge in [-0.25, -0.2) is 4.39 Å².